The maximum atomic E-state index is 6.01. The van der Waals surface area contributed by atoms with Gasteiger partial charge in [0.25, 0.3) is 0 Å². The van der Waals surface area contributed by atoms with Crippen molar-refractivity contribution in [3.8, 4) is 0 Å². The lowest BCUT2D eigenvalue weighted by Crippen LogP contribution is -2.10. The number of H-pyrrole nitrogens is 1. The summed E-state index contributed by atoms with van der Waals surface area (Å²) in [7, 11) is 0. The van der Waals surface area contributed by atoms with Crippen LogP contribution in [-0.4, -0.2) is 16.5 Å². The number of aromatic amines is 1. The SMILES string of the molecule is CCCC(CCN)CCc1nc2cc(Cl)c(Cl)cc2[nH]1. The summed E-state index contributed by atoms with van der Waals surface area (Å²) in [5, 5.41) is 1.10. The monoisotopic (exact) mass is 313 g/mol. The van der Waals surface area contributed by atoms with E-state index in [0.717, 1.165) is 42.7 Å². The van der Waals surface area contributed by atoms with E-state index in [-0.39, 0.29) is 0 Å². The molecule has 0 saturated heterocycles. The van der Waals surface area contributed by atoms with Crippen molar-refractivity contribution < 1.29 is 0 Å². The summed E-state index contributed by atoms with van der Waals surface area (Å²) in [6.07, 6.45) is 5.58. The summed E-state index contributed by atoms with van der Waals surface area (Å²) in [6, 6.07) is 3.64. The van der Waals surface area contributed by atoms with Gasteiger partial charge in [-0.25, -0.2) is 4.98 Å². The molecule has 1 aromatic heterocycles. The Morgan fingerprint density at radius 2 is 1.95 bits per heavy atom. The molecule has 1 unspecified atom stereocenters. The van der Waals surface area contributed by atoms with Gasteiger partial charge >= 0.3 is 0 Å². The number of aryl methyl sites for hydroxylation is 1. The highest BCUT2D eigenvalue weighted by atomic mass is 35.5. The van der Waals surface area contributed by atoms with Crippen LogP contribution in [0.2, 0.25) is 10.0 Å². The van der Waals surface area contributed by atoms with Crippen molar-refractivity contribution in [3.05, 3.63) is 28.0 Å². The minimum absolute atomic E-state index is 0.546. The van der Waals surface area contributed by atoms with Crippen LogP contribution in [-0.2, 0) is 6.42 Å². The van der Waals surface area contributed by atoms with Gasteiger partial charge in [-0.1, -0.05) is 43.0 Å². The second-order valence-corrected chi connectivity index (χ2v) is 6.05. The third kappa shape index (κ3) is 3.87. The number of rotatable bonds is 7. The molecule has 0 aliphatic heterocycles. The van der Waals surface area contributed by atoms with Crippen molar-refractivity contribution in [2.24, 2.45) is 11.7 Å². The molecular weight excluding hydrogens is 293 g/mol. The maximum absolute atomic E-state index is 6.01. The number of hydrogen-bond donors (Lipinski definition) is 2. The smallest absolute Gasteiger partial charge is 0.107 e. The summed E-state index contributed by atoms with van der Waals surface area (Å²) in [5.74, 6) is 1.68. The minimum atomic E-state index is 0.546. The number of hydrogen-bond acceptors (Lipinski definition) is 2. The molecule has 0 saturated carbocycles. The lowest BCUT2D eigenvalue weighted by molar-refractivity contribution is 0.418. The quantitative estimate of drug-likeness (QED) is 0.786. The van der Waals surface area contributed by atoms with E-state index < -0.39 is 0 Å². The molecular formula is C15H21Cl2N3. The number of fused-ring (bicyclic) bond motifs is 1. The first-order valence-electron chi connectivity index (χ1n) is 7.17. The molecule has 0 aliphatic carbocycles. The van der Waals surface area contributed by atoms with Crippen molar-refractivity contribution in [3.63, 3.8) is 0 Å². The number of benzene rings is 1. The average molecular weight is 314 g/mol. The Labute approximate surface area is 129 Å². The predicted octanol–water partition coefficient (Wildman–Crippen LogP) is 4.57. The van der Waals surface area contributed by atoms with Crippen LogP contribution in [0.15, 0.2) is 12.1 Å². The first-order valence-corrected chi connectivity index (χ1v) is 7.93. The van der Waals surface area contributed by atoms with Gasteiger partial charge in [-0.15, -0.1) is 0 Å². The molecule has 3 nitrogen and oxygen atoms in total. The summed E-state index contributed by atoms with van der Waals surface area (Å²) >= 11 is 12.0. The van der Waals surface area contributed by atoms with E-state index in [9.17, 15) is 0 Å². The summed E-state index contributed by atoms with van der Waals surface area (Å²) in [5.41, 5.74) is 7.49. The first-order chi connectivity index (χ1) is 9.63. The van der Waals surface area contributed by atoms with Crippen molar-refractivity contribution in [1.82, 2.24) is 9.97 Å². The average Bonchev–Trinajstić information content (AvgIpc) is 2.79. The molecule has 0 radical (unpaired) electrons. The molecule has 0 aliphatic rings. The van der Waals surface area contributed by atoms with Crippen LogP contribution in [0.5, 0.6) is 0 Å². The highest BCUT2D eigenvalue weighted by Gasteiger charge is 2.10. The molecule has 110 valence electrons. The fourth-order valence-electron chi connectivity index (χ4n) is 2.59. The lowest BCUT2D eigenvalue weighted by atomic mass is 9.94. The molecule has 20 heavy (non-hydrogen) atoms. The van der Waals surface area contributed by atoms with Crippen LogP contribution in [0.4, 0.5) is 0 Å². The van der Waals surface area contributed by atoms with Crippen LogP contribution in [0.1, 0.15) is 38.4 Å². The molecule has 2 aromatic rings. The minimum Gasteiger partial charge on any atom is -0.342 e. The third-order valence-electron chi connectivity index (χ3n) is 3.63. The summed E-state index contributed by atoms with van der Waals surface area (Å²) in [4.78, 5) is 7.89. The highest BCUT2D eigenvalue weighted by Crippen LogP contribution is 2.27. The zero-order chi connectivity index (χ0) is 14.5. The Bertz CT molecular complexity index is 520. The number of nitrogens with zero attached hydrogens (tertiary/aromatic N) is 1. The van der Waals surface area contributed by atoms with Gasteiger partial charge in [-0.2, -0.15) is 0 Å². The van der Waals surface area contributed by atoms with Crippen LogP contribution >= 0.6 is 23.2 Å². The standard InChI is InChI=1S/C15H21Cl2N3/c1-2-3-10(6-7-18)4-5-15-19-13-8-11(16)12(17)9-14(13)20-15/h8-10H,2-7,18H2,1H3,(H,19,20). The van der Waals surface area contributed by atoms with E-state index >= 15 is 0 Å². The molecule has 1 atom stereocenters. The Balaban J connectivity index is 2.06. The van der Waals surface area contributed by atoms with E-state index in [4.69, 9.17) is 28.9 Å². The van der Waals surface area contributed by atoms with Crippen molar-refractivity contribution >= 4 is 34.2 Å². The number of nitrogens with two attached hydrogens (primary N) is 1. The van der Waals surface area contributed by atoms with Crippen molar-refractivity contribution in [1.29, 1.82) is 0 Å². The van der Waals surface area contributed by atoms with Gasteiger partial charge in [0.2, 0.25) is 0 Å². The van der Waals surface area contributed by atoms with E-state index in [1.54, 1.807) is 0 Å². The second-order valence-electron chi connectivity index (χ2n) is 5.24. The van der Waals surface area contributed by atoms with Gasteiger partial charge in [0.15, 0.2) is 0 Å². The molecule has 0 spiro atoms. The molecule has 0 bridgehead atoms. The van der Waals surface area contributed by atoms with Crippen molar-refractivity contribution in [2.75, 3.05) is 6.54 Å². The molecule has 1 aromatic carbocycles. The number of imidazole rings is 1. The fourth-order valence-corrected chi connectivity index (χ4v) is 2.92. The second kappa shape index (κ2) is 7.30. The van der Waals surface area contributed by atoms with Crippen LogP contribution in [0.3, 0.4) is 0 Å². The Kier molecular flexibility index (Phi) is 5.70. The first kappa shape index (κ1) is 15.6. The number of aromatic nitrogens is 2. The normalized spacial score (nSPS) is 13.0. The van der Waals surface area contributed by atoms with Crippen molar-refractivity contribution in [2.45, 2.75) is 39.0 Å². The van der Waals surface area contributed by atoms with Crippen LogP contribution < -0.4 is 5.73 Å². The fraction of sp³-hybridized carbons (Fsp3) is 0.533. The van der Waals surface area contributed by atoms with Gasteiger partial charge in [0, 0.05) is 6.42 Å². The molecule has 1 heterocycles. The molecule has 5 heteroatoms. The van der Waals surface area contributed by atoms with Crippen LogP contribution in [0, 0.1) is 5.92 Å². The molecule has 0 amide bonds. The third-order valence-corrected chi connectivity index (χ3v) is 4.36. The number of nitrogens with one attached hydrogen (secondary N) is 1. The highest BCUT2D eigenvalue weighted by molar-refractivity contribution is 6.42. The van der Waals surface area contributed by atoms with Crippen LogP contribution in [0.25, 0.3) is 11.0 Å². The molecule has 0 fully saturated rings. The molecule has 2 rings (SSSR count). The van der Waals surface area contributed by atoms with Gasteiger partial charge < -0.3 is 10.7 Å². The zero-order valence-corrected chi connectivity index (χ0v) is 13.3. The lowest BCUT2D eigenvalue weighted by Gasteiger charge is -2.13. The predicted molar refractivity (Wildman–Crippen MR) is 86.5 cm³/mol. The van der Waals surface area contributed by atoms with Gasteiger partial charge in [0.1, 0.15) is 5.82 Å². The largest absolute Gasteiger partial charge is 0.342 e. The molecule has 3 N–H and O–H groups in total. The topological polar surface area (TPSA) is 54.7 Å². The van der Waals surface area contributed by atoms with E-state index in [1.165, 1.54) is 12.8 Å². The van der Waals surface area contributed by atoms with E-state index in [1.807, 2.05) is 12.1 Å². The van der Waals surface area contributed by atoms with Gasteiger partial charge in [0.05, 0.1) is 21.1 Å². The summed E-state index contributed by atoms with van der Waals surface area (Å²) < 4.78 is 0. The summed E-state index contributed by atoms with van der Waals surface area (Å²) in [6.45, 7) is 2.98. The van der Waals surface area contributed by atoms with Gasteiger partial charge in [-0.3, -0.25) is 0 Å². The Morgan fingerprint density at radius 1 is 1.20 bits per heavy atom. The van der Waals surface area contributed by atoms with Gasteiger partial charge in [-0.05, 0) is 37.4 Å². The Hall–Kier alpha value is -0.770. The number of halogens is 2. The Morgan fingerprint density at radius 3 is 2.65 bits per heavy atom. The van der Waals surface area contributed by atoms with E-state index in [2.05, 4.69) is 16.9 Å². The maximum Gasteiger partial charge on any atom is 0.107 e. The zero-order valence-electron chi connectivity index (χ0n) is 11.8. The van der Waals surface area contributed by atoms with E-state index in [0.29, 0.717) is 16.0 Å².